The number of ether oxygens (including phenoxy) is 1. The van der Waals surface area contributed by atoms with Crippen LogP contribution in [0.3, 0.4) is 0 Å². The summed E-state index contributed by atoms with van der Waals surface area (Å²) in [7, 11) is 0. The molecule has 26 heavy (non-hydrogen) atoms. The summed E-state index contributed by atoms with van der Waals surface area (Å²) in [5.74, 6) is -0.0562. The van der Waals surface area contributed by atoms with Crippen LogP contribution in [0.1, 0.15) is 22.3 Å². The van der Waals surface area contributed by atoms with Gasteiger partial charge in [0.1, 0.15) is 12.6 Å². The maximum atomic E-state index is 12.4. The quantitative estimate of drug-likeness (QED) is 0.645. The standard InChI is InChI=1S/C19H19Cl2NO3S/c1-26-10-9-17(22-18(23)14-5-3-2-4-6-14)19(24)25-12-13-7-8-15(20)16(21)11-13/h2-8,11,17H,9-10,12H2,1H3,(H,22,23)/t17-/m0/s1. The molecule has 0 spiro atoms. The molecular weight excluding hydrogens is 393 g/mol. The molecule has 0 unspecified atom stereocenters. The van der Waals surface area contributed by atoms with Crippen LogP contribution in [0, 0.1) is 0 Å². The average molecular weight is 412 g/mol. The molecule has 0 heterocycles. The van der Waals surface area contributed by atoms with Crippen molar-refractivity contribution in [2.75, 3.05) is 12.0 Å². The minimum atomic E-state index is -0.710. The van der Waals surface area contributed by atoms with E-state index in [4.69, 9.17) is 27.9 Å². The van der Waals surface area contributed by atoms with Crippen LogP contribution in [0.5, 0.6) is 0 Å². The third-order valence-electron chi connectivity index (χ3n) is 3.60. The second-order valence-electron chi connectivity index (χ2n) is 5.53. The van der Waals surface area contributed by atoms with E-state index in [1.54, 1.807) is 54.2 Å². The largest absolute Gasteiger partial charge is 0.459 e. The van der Waals surface area contributed by atoms with Gasteiger partial charge in [-0.1, -0.05) is 47.5 Å². The Balaban J connectivity index is 1.99. The van der Waals surface area contributed by atoms with Crippen LogP contribution in [0.15, 0.2) is 48.5 Å². The van der Waals surface area contributed by atoms with Gasteiger partial charge in [0.25, 0.3) is 5.91 Å². The summed E-state index contributed by atoms with van der Waals surface area (Å²) in [6.45, 7) is 0.0622. The Morgan fingerprint density at radius 3 is 2.50 bits per heavy atom. The van der Waals surface area contributed by atoms with Crippen molar-refractivity contribution in [2.24, 2.45) is 0 Å². The molecule has 1 amide bonds. The average Bonchev–Trinajstić information content (AvgIpc) is 2.66. The lowest BCUT2D eigenvalue weighted by Gasteiger charge is -2.17. The molecule has 1 N–H and O–H groups in total. The Bertz CT molecular complexity index is 756. The van der Waals surface area contributed by atoms with Gasteiger partial charge < -0.3 is 10.1 Å². The third-order valence-corrected chi connectivity index (χ3v) is 4.98. The summed E-state index contributed by atoms with van der Waals surface area (Å²) in [6.07, 6.45) is 2.43. The van der Waals surface area contributed by atoms with E-state index in [0.29, 0.717) is 22.0 Å². The fourth-order valence-corrected chi connectivity index (χ4v) is 2.99. The summed E-state index contributed by atoms with van der Waals surface area (Å²) in [5.41, 5.74) is 1.23. The highest BCUT2D eigenvalue weighted by Crippen LogP contribution is 2.23. The number of thioether (sulfide) groups is 1. The molecular formula is C19H19Cl2NO3S. The number of benzene rings is 2. The van der Waals surface area contributed by atoms with Crippen molar-refractivity contribution in [1.29, 1.82) is 0 Å². The number of esters is 1. The first-order valence-electron chi connectivity index (χ1n) is 7.96. The van der Waals surface area contributed by atoms with E-state index in [2.05, 4.69) is 5.32 Å². The molecule has 0 aromatic heterocycles. The number of halogens is 2. The molecule has 0 aliphatic carbocycles. The van der Waals surface area contributed by atoms with E-state index in [1.165, 1.54) is 0 Å². The highest BCUT2D eigenvalue weighted by Gasteiger charge is 2.22. The number of carbonyl (C=O) groups excluding carboxylic acids is 2. The van der Waals surface area contributed by atoms with E-state index in [9.17, 15) is 9.59 Å². The lowest BCUT2D eigenvalue weighted by atomic mass is 10.1. The number of nitrogens with one attached hydrogen (secondary N) is 1. The second-order valence-corrected chi connectivity index (χ2v) is 7.33. The molecule has 0 aliphatic rings. The fraction of sp³-hybridized carbons (Fsp3) is 0.263. The monoisotopic (exact) mass is 411 g/mol. The Hall–Kier alpha value is -1.69. The summed E-state index contributed by atoms with van der Waals surface area (Å²) < 4.78 is 5.35. The first kappa shape index (κ1) is 20.6. The number of hydrogen-bond donors (Lipinski definition) is 1. The topological polar surface area (TPSA) is 55.4 Å². The minimum Gasteiger partial charge on any atom is -0.459 e. The number of hydrogen-bond acceptors (Lipinski definition) is 4. The molecule has 0 saturated heterocycles. The molecule has 1 atom stereocenters. The van der Waals surface area contributed by atoms with Gasteiger partial charge >= 0.3 is 5.97 Å². The van der Waals surface area contributed by atoms with E-state index >= 15 is 0 Å². The number of amides is 1. The molecule has 2 aromatic carbocycles. The SMILES string of the molecule is CSCC[C@H](NC(=O)c1ccccc1)C(=O)OCc1ccc(Cl)c(Cl)c1. The van der Waals surface area contributed by atoms with Crippen LogP contribution in [-0.4, -0.2) is 29.9 Å². The molecule has 2 rings (SSSR count). The molecule has 7 heteroatoms. The smallest absolute Gasteiger partial charge is 0.329 e. The Morgan fingerprint density at radius 2 is 1.85 bits per heavy atom. The summed E-state index contributed by atoms with van der Waals surface area (Å²) in [6, 6.07) is 13.1. The van der Waals surface area contributed by atoms with Crippen LogP contribution >= 0.6 is 35.0 Å². The van der Waals surface area contributed by atoms with Gasteiger partial charge in [-0.15, -0.1) is 0 Å². The van der Waals surface area contributed by atoms with Crippen LogP contribution in [0.2, 0.25) is 10.0 Å². The van der Waals surface area contributed by atoms with E-state index in [0.717, 1.165) is 11.3 Å². The van der Waals surface area contributed by atoms with Crippen LogP contribution < -0.4 is 5.32 Å². The second kappa shape index (κ2) is 10.5. The van der Waals surface area contributed by atoms with Crippen molar-refractivity contribution >= 4 is 46.8 Å². The minimum absolute atomic E-state index is 0.0622. The Kier molecular flexibility index (Phi) is 8.29. The van der Waals surface area contributed by atoms with Crippen molar-refractivity contribution in [3.63, 3.8) is 0 Å². The Morgan fingerprint density at radius 1 is 1.12 bits per heavy atom. The van der Waals surface area contributed by atoms with Gasteiger partial charge in [0.15, 0.2) is 0 Å². The van der Waals surface area contributed by atoms with Gasteiger partial charge in [-0.3, -0.25) is 4.79 Å². The number of rotatable bonds is 8. The van der Waals surface area contributed by atoms with Crippen molar-refractivity contribution < 1.29 is 14.3 Å². The molecule has 0 aliphatic heterocycles. The van der Waals surface area contributed by atoms with E-state index in [1.807, 2.05) is 12.3 Å². The number of carbonyl (C=O) groups is 2. The predicted molar refractivity (Wildman–Crippen MR) is 107 cm³/mol. The van der Waals surface area contributed by atoms with Gasteiger partial charge in [0.05, 0.1) is 10.0 Å². The van der Waals surface area contributed by atoms with Crippen molar-refractivity contribution in [2.45, 2.75) is 19.1 Å². The zero-order chi connectivity index (χ0) is 18.9. The van der Waals surface area contributed by atoms with E-state index in [-0.39, 0.29) is 12.5 Å². The zero-order valence-corrected chi connectivity index (χ0v) is 16.5. The predicted octanol–water partition coefficient (Wildman–Crippen LogP) is 4.59. The zero-order valence-electron chi connectivity index (χ0n) is 14.2. The van der Waals surface area contributed by atoms with Gasteiger partial charge in [-0.05, 0) is 48.3 Å². The maximum Gasteiger partial charge on any atom is 0.329 e. The first-order valence-corrected chi connectivity index (χ1v) is 10.1. The van der Waals surface area contributed by atoms with Crippen LogP contribution in [0.25, 0.3) is 0 Å². The van der Waals surface area contributed by atoms with E-state index < -0.39 is 12.0 Å². The maximum absolute atomic E-state index is 12.4. The fourth-order valence-electron chi connectivity index (χ4n) is 2.20. The lowest BCUT2D eigenvalue weighted by Crippen LogP contribution is -2.42. The third kappa shape index (κ3) is 6.24. The molecule has 0 saturated carbocycles. The Labute approximate surface area is 167 Å². The van der Waals surface area contributed by atoms with Gasteiger partial charge in [-0.2, -0.15) is 11.8 Å². The first-order chi connectivity index (χ1) is 12.5. The van der Waals surface area contributed by atoms with Crippen molar-refractivity contribution in [3.8, 4) is 0 Å². The van der Waals surface area contributed by atoms with Gasteiger partial charge in [-0.25, -0.2) is 4.79 Å². The highest BCUT2D eigenvalue weighted by molar-refractivity contribution is 7.98. The highest BCUT2D eigenvalue weighted by atomic mass is 35.5. The molecule has 0 bridgehead atoms. The van der Waals surface area contributed by atoms with Gasteiger partial charge in [0.2, 0.25) is 0 Å². The normalized spacial score (nSPS) is 11.7. The van der Waals surface area contributed by atoms with Crippen LogP contribution in [0.4, 0.5) is 0 Å². The van der Waals surface area contributed by atoms with Gasteiger partial charge in [0, 0.05) is 5.56 Å². The summed E-state index contributed by atoms with van der Waals surface area (Å²) in [5, 5.41) is 3.59. The lowest BCUT2D eigenvalue weighted by molar-refractivity contribution is -0.147. The molecule has 4 nitrogen and oxygen atoms in total. The van der Waals surface area contributed by atoms with Crippen molar-refractivity contribution in [1.82, 2.24) is 5.32 Å². The van der Waals surface area contributed by atoms with Crippen LogP contribution in [-0.2, 0) is 16.1 Å². The molecule has 0 fully saturated rings. The molecule has 138 valence electrons. The van der Waals surface area contributed by atoms with Crippen molar-refractivity contribution in [3.05, 3.63) is 69.7 Å². The summed E-state index contributed by atoms with van der Waals surface area (Å²) >= 11 is 13.4. The molecule has 2 aromatic rings. The molecule has 0 radical (unpaired) electrons. The summed E-state index contributed by atoms with van der Waals surface area (Å²) in [4.78, 5) is 24.8.